The number of rotatable bonds is 0. The fraction of sp³-hybridized carbons (Fsp3) is 1.00. The number of nitrogens with one attached hydrogen (secondary N) is 1. The van der Waals surface area contributed by atoms with Gasteiger partial charge in [-0.05, 0) is 31.6 Å². The average molecular weight is 185 g/mol. The third-order valence-electron chi connectivity index (χ3n) is 3.09. The second-order valence-corrected chi connectivity index (χ2v) is 6.60. The molecule has 12 heavy (non-hydrogen) atoms. The van der Waals surface area contributed by atoms with E-state index in [4.69, 9.17) is 0 Å². The van der Waals surface area contributed by atoms with Crippen molar-refractivity contribution in [3.8, 4) is 0 Å². The Hall–Kier alpha value is 0.310. The summed E-state index contributed by atoms with van der Waals surface area (Å²) in [5.41, 5.74) is 0.573. The molecule has 0 radical (unpaired) electrons. The number of hydrogen-bond donors (Lipinski definition) is 1. The van der Waals surface area contributed by atoms with Crippen molar-refractivity contribution in [1.29, 1.82) is 0 Å². The van der Waals surface area contributed by atoms with Crippen LogP contribution >= 0.6 is 11.8 Å². The van der Waals surface area contributed by atoms with Crippen molar-refractivity contribution in [2.24, 2.45) is 5.41 Å². The van der Waals surface area contributed by atoms with Gasteiger partial charge in [0, 0.05) is 11.8 Å². The summed E-state index contributed by atoms with van der Waals surface area (Å²) in [4.78, 5) is 0.461. The lowest BCUT2D eigenvalue weighted by molar-refractivity contribution is 0.352. The maximum atomic E-state index is 3.75. The van der Waals surface area contributed by atoms with E-state index in [-0.39, 0.29) is 0 Å². The molecule has 0 aromatic heterocycles. The molecule has 1 spiro atoms. The highest BCUT2D eigenvalue weighted by Crippen LogP contribution is 2.51. The summed E-state index contributed by atoms with van der Waals surface area (Å²) < 4.78 is 0. The quantitative estimate of drug-likeness (QED) is 0.622. The van der Waals surface area contributed by atoms with Crippen molar-refractivity contribution < 1.29 is 0 Å². The first-order valence-electron chi connectivity index (χ1n) is 4.93. The molecule has 1 heterocycles. The van der Waals surface area contributed by atoms with Gasteiger partial charge in [-0.3, -0.25) is 5.32 Å². The molecule has 0 aromatic rings. The van der Waals surface area contributed by atoms with Gasteiger partial charge in [0.25, 0.3) is 0 Å². The van der Waals surface area contributed by atoms with Gasteiger partial charge in [-0.25, -0.2) is 0 Å². The molecule has 1 nitrogen and oxygen atoms in total. The van der Waals surface area contributed by atoms with Crippen LogP contribution in [0.25, 0.3) is 0 Å². The van der Waals surface area contributed by atoms with Crippen LogP contribution in [0, 0.1) is 5.41 Å². The van der Waals surface area contributed by atoms with Gasteiger partial charge in [-0.2, -0.15) is 0 Å². The van der Waals surface area contributed by atoms with Gasteiger partial charge < -0.3 is 0 Å². The Balaban J connectivity index is 2.06. The zero-order valence-corrected chi connectivity index (χ0v) is 9.13. The lowest BCUT2D eigenvalue weighted by atomic mass is 9.91. The predicted molar refractivity (Wildman–Crippen MR) is 55.4 cm³/mol. The Labute approximate surface area is 79.7 Å². The van der Waals surface area contributed by atoms with E-state index in [0.717, 1.165) is 6.04 Å². The van der Waals surface area contributed by atoms with Crippen LogP contribution in [0.15, 0.2) is 0 Å². The highest BCUT2D eigenvalue weighted by molar-refractivity contribution is 8.00. The second-order valence-electron chi connectivity index (χ2n) is 5.19. The molecule has 2 atom stereocenters. The predicted octanol–water partition coefficient (Wildman–Crippen LogP) is 2.62. The second kappa shape index (κ2) is 2.65. The van der Waals surface area contributed by atoms with Crippen molar-refractivity contribution in [2.45, 2.75) is 50.9 Å². The Morgan fingerprint density at radius 3 is 2.50 bits per heavy atom. The maximum absolute atomic E-state index is 3.75. The molecule has 70 valence electrons. The molecular weight excluding hydrogens is 166 g/mol. The van der Waals surface area contributed by atoms with Crippen molar-refractivity contribution in [3.05, 3.63) is 0 Å². The zero-order valence-electron chi connectivity index (χ0n) is 8.31. The summed E-state index contributed by atoms with van der Waals surface area (Å²) in [7, 11) is 0. The van der Waals surface area contributed by atoms with Crippen molar-refractivity contribution in [1.82, 2.24) is 5.32 Å². The highest BCUT2D eigenvalue weighted by Gasteiger charge is 2.46. The summed E-state index contributed by atoms with van der Waals surface area (Å²) in [6.07, 6.45) is 4.11. The first kappa shape index (κ1) is 8.89. The molecule has 2 fully saturated rings. The molecule has 2 aliphatic rings. The number of thioether (sulfide) groups is 1. The smallest absolute Gasteiger partial charge is 0.0653 e. The molecule has 1 aliphatic carbocycles. The normalized spacial score (nSPS) is 45.8. The van der Waals surface area contributed by atoms with Gasteiger partial charge >= 0.3 is 0 Å². The van der Waals surface area contributed by atoms with Crippen molar-refractivity contribution >= 4 is 11.8 Å². The van der Waals surface area contributed by atoms with Gasteiger partial charge in [0.05, 0.1) is 4.87 Å². The Kier molecular flexibility index (Phi) is 1.96. The lowest BCUT2D eigenvalue weighted by Gasteiger charge is -2.26. The molecule has 1 saturated carbocycles. The standard InChI is InChI=1S/C10H19NS/c1-8-6-12-10(11-8)5-4-9(2,3)7-10/h8,11H,4-7H2,1-3H3. The summed E-state index contributed by atoms with van der Waals surface area (Å²) in [5, 5.41) is 3.75. The zero-order chi connectivity index (χ0) is 8.82. The van der Waals surface area contributed by atoms with Crippen LogP contribution in [0.3, 0.4) is 0 Å². The molecule has 1 N–H and O–H groups in total. The van der Waals surface area contributed by atoms with Gasteiger partial charge in [-0.15, -0.1) is 11.8 Å². The number of hydrogen-bond acceptors (Lipinski definition) is 2. The third-order valence-corrected chi connectivity index (χ3v) is 4.77. The van der Waals surface area contributed by atoms with Crippen molar-refractivity contribution in [3.63, 3.8) is 0 Å². The van der Waals surface area contributed by atoms with E-state index in [1.807, 2.05) is 0 Å². The van der Waals surface area contributed by atoms with E-state index in [1.54, 1.807) is 0 Å². The van der Waals surface area contributed by atoms with E-state index in [1.165, 1.54) is 25.0 Å². The SMILES string of the molecule is CC1CSC2(CCC(C)(C)C2)N1. The van der Waals surface area contributed by atoms with Crippen LogP contribution in [0.2, 0.25) is 0 Å². The average Bonchev–Trinajstić information content (AvgIpc) is 2.41. The first-order chi connectivity index (χ1) is 5.52. The third kappa shape index (κ3) is 1.51. The van der Waals surface area contributed by atoms with Gasteiger partial charge in [0.15, 0.2) is 0 Å². The Bertz CT molecular complexity index is 190. The van der Waals surface area contributed by atoms with E-state index in [2.05, 4.69) is 37.8 Å². The molecule has 2 heteroatoms. The highest BCUT2D eigenvalue weighted by atomic mass is 32.2. The van der Waals surface area contributed by atoms with Gasteiger partial charge in [0.1, 0.15) is 0 Å². The van der Waals surface area contributed by atoms with Crippen molar-refractivity contribution in [2.75, 3.05) is 5.75 Å². The molecule has 0 aromatic carbocycles. The Morgan fingerprint density at radius 2 is 2.08 bits per heavy atom. The summed E-state index contributed by atoms with van der Waals surface area (Å²) in [6.45, 7) is 7.09. The first-order valence-corrected chi connectivity index (χ1v) is 5.92. The lowest BCUT2D eigenvalue weighted by Crippen LogP contribution is -2.38. The molecule has 2 rings (SSSR count). The maximum Gasteiger partial charge on any atom is 0.0653 e. The largest absolute Gasteiger partial charge is 0.299 e. The molecule has 1 aliphatic heterocycles. The topological polar surface area (TPSA) is 12.0 Å². The Morgan fingerprint density at radius 1 is 1.33 bits per heavy atom. The summed E-state index contributed by atoms with van der Waals surface area (Å²) >= 11 is 2.15. The monoisotopic (exact) mass is 185 g/mol. The van der Waals surface area contributed by atoms with Crippen LogP contribution < -0.4 is 5.32 Å². The van der Waals surface area contributed by atoms with E-state index >= 15 is 0 Å². The minimum absolute atomic E-state index is 0.461. The fourth-order valence-electron chi connectivity index (χ4n) is 2.55. The van der Waals surface area contributed by atoms with Crippen LogP contribution in [-0.2, 0) is 0 Å². The van der Waals surface area contributed by atoms with Crippen LogP contribution in [0.4, 0.5) is 0 Å². The minimum Gasteiger partial charge on any atom is -0.299 e. The molecule has 0 amide bonds. The molecular formula is C10H19NS. The van der Waals surface area contributed by atoms with Gasteiger partial charge in [-0.1, -0.05) is 13.8 Å². The molecule has 2 unspecified atom stereocenters. The van der Waals surface area contributed by atoms with Crippen LogP contribution in [0.1, 0.15) is 40.0 Å². The van der Waals surface area contributed by atoms with E-state index in [0.29, 0.717) is 10.3 Å². The summed E-state index contributed by atoms with van der Waals surface area (Å²) in [6, 6.07) is 0.726. The van der Waals surface area contributed by atoms with Crippen LogP contribution in [0.5, 0.6) is 0 Å². The molecule has 0 bridgehead atoms. The van der Waals surface area contributed by atoms with E-state index < -0.39 is 0 Å². The van der Waals surface area contributed by atoms with E-state index in [9.17, 15) is 0 Å². The minimum atomic E-state index is 0.461. The van der Waals surface area contributed by atoms with Crippen LogP contribution in [-0.4, -0.2) is 16.7 Å². The fourth-order valence-corrected chi connectivity index (χ4v) is 4.23. The summed E-state index contributed by atoms with van der Waals surface area (Å²) in [5.74, 6) is 1.30. The van der Waals surface area contributed by atoms with Gasteiger partial charge in [0.2, 0.25) is 0 Å². The molecule has 1 saturated heterocycles.